The molecule has 0 spiro atoms. The molecule has 3 rings (SSSR count). The van der Waals surface area contributed by atoms with Crippen LogP contribution in [0.15, 0.2) is 48.5 Å². The van der Waals surface area contributed by atoms with Gasteiger partial charge >= 0.3 is 0 Å². The average Bonchev–Trinajstić information content (AvgIpc) is 3.26. The molecule has 1 atom stereocenters. The molecule has 29 heavy (non-hydrogen) atoms. The monoisotopic (exact) mass is 415 g/mol. The van der Waals surface area contributed by atoms with Crippen molar-refractivity contribution in [3.05, 3.63) is 59.7 Å². The van der Waals surface area contributed by atoms with Gasteiger partial charge in [0.1, 0.15) is 6.04 Å². The van der Waals surface area contributed by atoms with Gasteiger partial charge in [0.25, 0.3) is 17.7 Å². The van der Waals surface area contributed by atoms with Crippen LogP contribution in [0.1, 0.15) is 20.7 Å². The second-order valence-electron chi connectivity index (χ2n) is 6.17. The maximum Gasteiger partial charge on any atom is 0.269 e. The number of rotatable bonds is 5. The quantitative estimate of drug-likeness (QED) is 0.722. The van der Waals surface area contributed by atoms with Crippen molar-refractivity contribution in [2.75, 3.05) is 25.8 Å². The van der Waals surface area contributed by atoms with E-state index in [0.29, 0.717) is 34.3 Å². The van der Waals surface area contributed by atoms with Crippen LogP contribution in [0.4, 0.5) is 0 Å². The lowest BCUT2D eigenvalue weighted by molar-refractivity contribution is -0.125. The second-order valence-corrected chi connectivity index (χ2v) is 7.17. The van der Waals surface area contributed by atoms with E-state index in [1.807, 2.05) is 6.07 Å². The molecule has 2 aromatic rings. The number of hydrogen-bond donors (Lipinski definition) is 2. The number of hydrogen-bond acceptors (Lipinski definition) is 6. The zero-order valence-electron chi connectivity index (χ0n) is 16.0. The molecule has 0 bridgehead atoms. The minimum atomic E-state index is -0.668. The summed E-state index contributed by atoms with van der Waals surface area (Å²) < 4.78 is 10.3. The molecule has 3 amide bonds. The van der Waals surface area contributed by atoms with Gasteiger partial charge in [0.05, 0.1) is 20.1 Å². The Bertz CT molecular complexity index is 906. The van der Waals surface area contributed by atoms with E-state index < -0.39 is 17.9 Å². The van der Waals surface area contributed by atoms with Gasteiger partial charge in [-0.3, -0.25) is 25.2 Å². The Balaban J connectivity index is 1.62. The van der Waals surface area contributed by atoms with Gasteiger partial charge in [0, 0.05) is 16.9 Å². The Morgan fingerprint density at radius 3 is 2.38 bits per heavy atom. The zero-order valence-corrected chi connectivity index (χ0v) is 16.8. The third-order valence-electron chi connectivity index (χ3n) is 4.41. The summed E-state index contributed by atoms with van der Waals surface area (Å²) >= 11 is 1.48. The summed E-state index contributed by atoms with van der Waals surface area (Å²) in [5.74, 6) is 0.580. The Hall–Kier alpha value is -3.20. The molecule has 2 N–H and O–H groups in total. The largest absolute Gasteiger partial charge is 0.493 e. The maximum atomic E-state index is 12.7. The van der Waals surface area contributed by atoms with Gasteiger partial charge in [0.15, 0.2) is 11.5 Å². The lowest BCUT2D eigenvalue weighted by atomic mass is 10.1. The number of nitrogens with one attached hydrogen (secondary N) is 2. The fraction of sp³-hybridized carbons (Fsp3) is 0.250. The molecule has 1 aliphatic rings. The molecule has 1 fully saturated rings. The minimum absolute atomic E-state index is 0.220. The number of hydrazine groups is 1. The SMILES string of the molecule is COc1ccc(C(=O)NNC(=O)C2CSCN2C(=O)c2ccccc2)cc1OC. The predicted molar refractivity (Wildman–Crippen MR) is 109 cm³/mol. The highest BCUT2D eigenvalue weighted by Crippen LogP contribution is 2.27. The van der Waals surface area contributed by atoms with E-state index in [1.165, 1.54) is 36.9 Å². The van der Waals surface area contributed by atoms with Gasteiger partial charge in [-0.15, -0.1) is 11.8 Å². The normalized spacial score (nSPS) is 15.5. The lowest BCUT2D eigenvalue weighted by Crippen LogP contribution is -2.52. The number of carbonyl (C=O) groups excluding carboxylic acids is 3. The van der Waals surface area contributed by atoms with E-state index >= 15 is 0 Å². The molecule has 1 saturated heterocycles. The Kier molecular flexibility index (Phi) is 6.61. The van der Waals surface area contributed by atoms with Crippen molar-refractivity contribution in [2.24, 2.45) is 0 Å². The van der Waals surface area contributed by atoms with Crippen LogP contribution in [-0.2, 0) is 4.79 Å². The van der Waals surface area contributed by atoms with E-state index in [4.69, 9.17) is 9.47 Å². The first-order valence-electron chi connectivity index (χ1n) is 8.81. The Morgan fingerprint density at radius 1 is 0.966 bits per heavy atom. The number of carbonyl (C=O) groups is 3. The first-order chi connectivity index (χ1) is 14.0. The second kappa shape index (κ2) is 9.33. The van der Waals surface area contributed by atoms with Gasteiger partial charge in [-0.2, -0.15) is 0 Å². The molecule has 152 valence electrons. The van der Waals surface area contributed by atoms with Crippen molar-refractivity contribution in [1.29, 1.82) is 0 Å². The summed E-state index contributed by atoms with van der Waals surface area (Å²) in [6.45, 7) is 0. The van der Waals surface area contributed by atoms with Crippen LogP contribution in [-0.4, -0.2) is 54.5 Å². The molecule has 0 aliphatic carbocycles. The first-order valence-corrected chi connectivity index (χ1v) is 9.96. The average molecular weight is 415 g/mol. The lowest BCUT2D eigenvalue weighted by Gasteiger charge is -2.23. The highest BCUT2D eigenvalue weighted by Gasteiger charge is 2.35. The van der Waals surface area contributed by atoms with Crippen molar-refractivity contribution in [3.8, 4) is 11.5 Å². The van der Waals surface area contributed by atoms with Crippen molar-refractivity contribution in [3.63, 3.8) is 0 Å². The summed E-state index contributed by atoms with van der Waals surface area (Å²) in [4.78, 5) is 39.1. The van der Waals surface area contributed by atoms with Gasteiger partial charge in [-0.25, -0.2) is 0 Å². The van der Waals surface area contributed by atoms with Crippen molar-refractivity contribution < 1.29 is 23.9 Å². The van der Waals surface area contributed by atoms with E-state index in [9.17, 15) is 14.4 Å². The number of nitrogens with zero attached hydrogens (tertiary/aromatic N) is 1. The summed E-state index contributed by atoms with van der Waals surface area (Å²) in [6.07, 6.45) is 0. The zero-order chi connectivity index (χ0) is 20.8. The van der Waals surface area contributed by atoms with Crippen LogP contribution < -0.4 is 20.3 Å². The minimum Gasteiger partial charge on any atom is -0.493 e. The number of thioether (sulfide) groups is 1. The molecule has 0 radical (unpaired) electrons. The van der Waals surface area contributed by atoms with E-state index in [0.717, 1.165) is 0 Å². The van der Waals surface area contributed by atoms with Crippen LogP contribution in [0.25, 0.3) is 0 Å². The Labute approximate surface area is 172 Å². The van der Waals surface area contributed by atoms with Crippen LogP contribution >= 0.6 is 11.8 Å². The number of methoxy groups -OCH3 is 2. The van der Waals surface area contributed by atoms with E-state index in [2.05, 4.69) is 10.9 Å². The molecule has 0 saturated carbocycles. The fourth-order valence-corrected chi connectivity index (χ4v) is 4.01. The van der Waals surface area contributed by atoms with Gasteiger partial charge < -0.3 is 14.4 Å². The van der Waals surface area contributed by atoms with Gasteiger partial charge in [0.2, 0.25) is 0 Å². The Morgan fingerprint density at radius 2 is 1.69 bits per heavy atom. The van der Waals surface area contributed by atoms with E-state index in [-0.39, 0.29) is 5.91 Å². The summed E-state index contributed by atoms with van der Waals surface area (Å²) in [6, 6.07) is 12.8. The van der Waals surface area contributed by atoms with E-state index in [1.54, 1.807) is 36.4 Å². The first kappa shape index (κ1) is 20.5. The number of ether oxygens (including phenoxy) is 2. The number of benzene rings is 2. The molecule has 2 aromatic carbocycles. The third-order valence-corrected chi connectivity index (χ3v) is 5.42. The summed E-state index contributed by atoms with van der Waals surface area (Å²) in [5.41, 5.74) is 5.60. The standard InChI is InChI=1S/C20H21N3O5S/c1-27-16-9-8-14(10-17(16)28-2)18(24)21-22-19(25)15-11-29-12-23(15)20(26)13-6-4-3-5-7-13/h3-10,15H,11-12H2,1-2H3,(H,21,24)(H,22,25). The molecule has 1 unspecified atom stereocenters. The van der Waals surface area contributed by atoms with Crippen molar-refractivity contribution >= 4 is 29.5 Å². The highest BCUT2D eigenvalue weighted by atomic mass is 32.2. The fourth-order valence-electron chi connectivity index (χ4n) is 2.86. The molecular formula is C20H21N3O5S. The molecule has 8 nitrogen and oxygen atoms in total. The van der Waals surface area contributed by atoms with Crippen LogP contribution in [0, 0.1) is 0 Å². The highest BCUT2D eigenvalue weighted by molar-refractivity contribution is 7.99. The van der Waals surface area contributed by atoms with Crippen LogP contribution in [0.3, 0.4) is 0 Å². The maximum absolute atomic E-state index is 12.7. The molecule has 9 heteroatoms. The smallest absolute Gasteiger partial charge is 0.269 e. The summed E-state index contributed by atoms with van der Waals surface area (Å²) in [5, 5.41) is 0. The summed E-state index contributed by atoms with van der Waals surface area (Å²) in [7, 11) is 2.97. The van der Waals surface area contributed by atoms with Crippen LogP contribution in [0.2, 0.25) is 0 Å². The molecule has 1 heterocycles. The van der Waals surface area contributed by atoms with Crippen molar-refractivity contribution in [2.45, 2.75) is 6.04 Å². The van der Waals surface area contributed by atoms with Crippen LogP contribution in [0.5, 0.6) is 11.5 Å². The van der Waals surface area contributed by atoms with Gasteiger partial charge in [-0.05, 0) is 30.3 Å². The third kappa shape index (κ3) is 4.62. The number of amides is 3. The molecule has 1 aliphatic heterocycles. The topological polar surface area (TPSA) is 97.0 Å². The van der Waals surface area contributed by atoms with Gasteiger partial charge in [-0.1, -0.05) is 18.2 Å². The van der Waals surface area contributed by atoms with Crippen molar-refractivity contribution in [1.82, 2.24) is 15.8 Å². The molecular weight excluding hydrogens is 394 g/mol. The predicted octanol–water partition coefficient (Wildman–Crippen LogP) is 1.68. The molecule has 0 aromatic heterocycles.